The highest BCUT2D eigenvalue weighted by Crippen LogP contribution is 2.25. The number of rotatable bonds is 8. The van der Waals surface area contributed by atoms with Gasteiger partial charge in [-0.05, 0) is 17.7 Å². The molecule has 0 atom stereocenters. The Kier molecular flexibility index (Phi) is 7.25. The van der Waals surface area contributed by atoms with E-state index >= 15 is 0 Å². The Morgan fingerprint density at radius 3 is 2.68 bits per heavy atom. The molecule has 1 aromatic carbocycles. The second kappa shape index (κ2) is 8.74. The number of ether oxygens (including phenoxy) is 4. The molecule has 106 valence electrons. The predicted molar refractivity (Wildman–Crippen MR) is 70.5 cm³/mol. The lowest BCUT2D eigenvalue weighted by Crippen LogP contribution is -2.08. The van der Waals surface area contributed by atoms with Crippen molar-refractivity contribution in [1.29, 1.82) is 0 Å². The van der Waals surface area contributed by atoms with Crippen LogP contribution in [0.4, 0.5) is 0 Å². The summed E-state index contributed by atoms with van der Waals surface area (Å²) in [5.41, 5.74) is 0.768. The zero-order valence-corrected chi connectivity index (χ0v) is 11.7. The Morgan fingerprint density at radius 1 is 1.26 bits per heavy atom. The molecule has 0 fully saturated rings. The standard InChI is InChI=1S/C13H17ClO5/c1-16-5-6-18-9-19-12-4-3-10(7-11(12)14)8-13(15)17-2/h3-4,7H,5-6,8-9H2,1-2H3. The second-order valence-corrected chi connectivity index (χ2v) is 4.09. The quantitative estimate of drug-likeness (QED) is 0.416. The maximum atomic E-state index is 11.1. The van der Waals surface area contributed by atoms with Crippen molar-refractivity contribution in [3.05, 3.63) is 28.8 Å². The Hall–Kier alpha value is -1.30. The van der Waals surface area contributed by atoms with Gasteiger partial charge in [0.1, 0.15) is 5.75 Å². The third-order valence-corrected chi connectivity index (χ3v) is 2.60. The van der Waals surface area contributed by atoms with Crippen LogP contribution >= 0.6 is 11.6 Å². The van der Waals surface area contributed by atoms with Crippen LogP contribution in [-0.2, 0) is 25.4 Å². The van der Waals surface area contributed by atoms with E-state index in [9.17, 15) is 4.79 Å². The molecule has 0 spiro atoms. The minimum Gasteiger partial charge on any atom is -0.469 e. The van der Waals surface area contributed by atoms with Crippen LogP contribution in [0.2, 0.25) is 5.02 Å². The van der Waals surface area contributed by atoms with Gasteiger partial charge < -0.3 is 18.9 Å². The van der Waals surface area contributed by atoms with Gasteiger partial charge in [0, 0.05) is 7.11 Å². The van der Waals surface area contributed by atoms with Crippen molar-refractivity contribution in [2.24, 2.45) is 0 Å². The van der Waals surface area contributed by atoms with Gasteiger partial charge in [0.2, 0.25) is 0 Å². The van der Waals surface area contributed by atoms with Crippen molar-refractivity contribution < 1.29 is 23.7 Å². The maximum absolute atomic E-state index is 11.1. The molecule has 0 heterocycles. The summed E-state index contributed by atoms with van der Waals surface area (Å²) >= 11 is 6.04. The fourth-order valence-electron chi connectivity index (χ4n) is 1.32. The van der Waals surface area contributed by atoms with E-state index < -0.39 is 0 Å². The van der Waals surface area contributed by atoms with Crippen molar-refractivity contribution in [3.63, 3.8) is 0 Å². The van der Waals surface area contributed by atoms with E-state index in [1.54, 1.807) is 25.3 Å². The SMILES string of the molecule is COCCOCOc1ccc(CC(=O)OC)cc1Cl. The fourth-order valence-corrected chi connectivity index (χ4v) is 1.57. The summed E-state index contributed by atoms with van der Waals surface area (Å²) in [6, 6.07) is 5.12. The predicted octanol–water partition coefficient (Wildman–Crippen LogP) is 2.05. The van der Waals surface area contributed by atoms with Crippen LogP contribution in [0.1, 0.15) is 5.56 Å². The molecule has 5 nitrogen and oxygen atoms in total. The highest BCUT2D eigenvalue weighted by molar-refractivity contribution is 6.32. The first kappa shape index (κ1) is 15.8. The van der Waals surface area contributed by atoms with Gasteiger partial charge in [-0.3, -0.25) is 4.79 Å². The first-order chi connectivity index (χ1) is 9.17. The number of hydrogen-bond acceptors (Lipinski definition) is 5. The topological polar surface area (TPSA) is 54.0 Å². The molecule has 19 heavy (non-hydrogen) atoms. The average Bonchev–Trinajstić information content (AvgIpc) is 2.40. The maximum Gasteiger partial charge on any atom is 0.309 e. The van der Waals surface area contributed by atoms with Crippen molar-refractivity contribution in [3.8, 4) is 5.75 Å². The summed E-state index contributed by atoms with van der Waals surface area (Å²) in [6.07, 6.45) is 0.181. The van der Waals surface area contributed by atoms with E-state index in [4.69, 9.17) is 25.8 Å². The van der Waals surface area contributed by atoms with Crippen molar-refractivity contribution in [2.75, 3.05) is 34.2 Å². The number of carbonyl (C=O) groups excluding carboxylic acids is 1. The number of hydrogen-bond donors (Lipinski definition) is 0. The van der Waals surface area contributed by atoms with Gasteiger partial charge in [0.05, 0.1) is 31.8 Å². The first-order valence-electron chi connectivity index (χ1n) is 5.72. The molecule has 0 saturated carbocycles. The molecule has 0 aliphatic carbocycles. The largest absolute Gasteiger partial charge is 0.469 e. The zero-order chi connectivity index (χ0) is 14.1. The molecule has 0 amide bonds. The monoisotopic (exact) mass is 288 g/mol. The van der Waals surface area contributed by atoms with E-state index in [2.05, 4.69) is 4.74 Å². The third-order valence-electron chi connectivity index (χ3n) is 2.30. The van der Waals surface area contributed by atoms with Crippen molar-refractivity contribution in [1.82, 2.24) is 0 Å². The van der Waals surface area contributed by atoms with Gasteiger partial charge in [0.15, 0.2) is 6.79 Å². The lowest BCUT2D eigenvalue weighted by Gasteiger charge is -2.09. The molecule has 0 radical (unpaired) electrons. The Morgan fingerprint density at radius 2 is 2.05 bits per heavy atom. The molecule has 0 bridgehead atoms. The van der Waals surface area contributed by atoms with Crippen LogP contribution < -0.4 is 4.74 Å². The first-order valence-corrected chi connectivity index (χ1v) is 6.10. The molecule has 1 aromatic rings. The Balaban J connectivity index is 2.45. The molecule has 0 aromatic heterocycles. The average molecular weight is 289 g/mol. The molecule has 6 heteroatoms. The highest BCUT2D eigenvalue weighted by atomic mass is 35.5. The normalized spacial score (nSPS) is 10.3. The van der Waals surface area contributed by atoms with E-state index in [0.29, 0.717) is 24.0 Å². The van der Waals surface area contributed by atoms with E-state index in [0.717, 1.165) is 5.56 Å². The summed E-state index contributed by atoms with van der Waals surface area (Å²) in [5.74, 6) is 0.195. The smallest absolute Gasteiger partial charge is 0.309 e. The summed E-state index contributed by atoms with van der Waals surface area (Å²) in [4.78, 5) is 11.1. The van der Waals surface area contributed by atoms with E-state index in [-0.39, 0.29) is 19.2 Å². The summed E-state index contributed by atoms with van der Waals surface area (Å²) in [6.45, 7) is 1.06. The molecular weight excluding hydrogens is 272 g/mol. The van der Waals surface area contributed by atoms with Crippen LogP contribution in [0.15, 0.2) is 18.2 Å². The number of halogens is 1. The van der Waals surface area contributed by atoms with Gasteiger partial charge in [0.25, 0.3) is 0 Å². The third kappa shape index (κ3) is 5.92. The molecule has 0 N–H and O–H groups in total. The minimum atomic E-state index is -0.312. The Bertz CT molecular complexity index is 408. The Labute approximate surface area is 117 Å². The molecule has 0 saturated heterocycles. The minimum absolute atomic E-state index is 0.0967. The zero-order valence-electron chi connectivity index (χ0n) is 11.0. The van der Waals surface area contributed by atoms with Crippen LogP contribution in [-0.4, -0.2) is 40.2 Å². The summed E-state index contributed by atoms with van der Waals surface area (Å²) in [5, 5.41) is 0.428. The molecule has 0 unspecified atom stereocenters. The molecular formula is C13H17ClO5. The van der Waals surface area contributed by atoms with Crippen molar-refractivity contribution >= 4 is 17.6 Å². The lowest BCUT2D eigenvalue weighted by molar-refractivity contribution is -0.139. The molecule has 0 aliphatic heterocycles. The lowest BCUT2D eigenvalue weighted by atomic mass is 10.1. The number of benzene rings is 1. The van der Waals surface area contributed by atoms with Gasteiger partial charge >= 0.3 is 5.97 Å². The van der Waals surface area contributed by atoms with E-state index in [1.807, 2.05) is 0 Å². The van der Waals surface area contributed by atoms with Gasteiger partial charge in [-0.1, -0.05) is 17.7 Å². The van der Waals surface area contributed by atoms with Crippen LogP contribution in [0, 0.1) is 0 Å². The fraction of sp³-hybridized carbons (Fsp3) is 0.462. The van der Waals surface area contributed by atoms with E-state index in [1.165, 1.54) is 7.11 Å². The van der Waals surface area contributed by atoms with Crippen LogP contribution in [0.5, 0.6) is 5.75 Å². The van der Waals surface area contributed by atoms with Crippen LogP contribution in [0.25, 0.3) is 0 Å². The molecule has 0 aliphatic rings. The highest BCUT2D eigenvalue weighted by Gasteiger charge is 2.07. The van der Waals surface area contributed by atoms with Crippen LogP contribution in [0.3, 0.4) is 0 Å². The van der Waals surface area contributed by atoms with Gasteiger partial charge in [-0.15, -0.1) is 0 Å². The second-order valence-electron chi connectivity index (χ2n) is 3.68. The van der Waals surface area contributed by atoms with Gasteiger partial charge in [-0.2, -0.15) is 0 Å². The summed E-state index contributed by atoms with van der Waals surface area (Å²) < 4.78 is 19.9. The molecule has 1 rings (SSSR count). The number of methoxy groups -OCH3 is 2. The van der Waals surface area contributed by atoms with Crippen molar-refractivity contribution in [2.45, 2.75) is 6.42 Å². The number of carbonyl (C=O) groups is 1. The number of esters is 1. The van der Waals surface area contributed by atoms with Gasteiger partial charge in [-0.25, -0.2) is 0 Å². The summed E-state index contributed by atoms with van der Waals surface area (Å²) in [7, 11) is 2.94.